The standard InChI is InChI=1S/C16H21BrN6O5S/c1-9(10(2)23-28-8-14(24)25)20-15-13(17)7-19-16(22-15)21-11-3-5-12(6-4-11)29(18,26)27/h3-7,9-10,23H,8H2,1-2H3,(H,24,25)(H2,18,26,27)(H2,19,20,21,22). The fraction of sp³-hybridized carbons (Fsp3) is 0.312. The minimum atomic E-state index is -3.76. The maximum Gasteiger partial charge on any atom is 0.331 e. The molecule has 0 aliphatic carbocycles. The molecule has 158 valence electrons. The Morgan fingerprint density at radius 1 is 1.28 bits per heavy atom. The SMILES string of the molecule is CC(NOCC(=O)O)C(C)Nc1nc(Nc2ccc(S(N)(=O)=O)cc2)ncc1Br. The van der Waals surface area contributed by atoms with Crippen LogP contribution in [0.4, 0.5) is 17.5 Å². The molecule has 2 rings (SSSR count). The van der Waals surface area contributed by atoms with Crippen molar-refractivity contribution in [2.24, 2.45) is 5.14 Å². The zero-order valence-electron chi connectivity index (χ0n) is 15.6. The van der Waals surface area contributed by atoms with Crippen LogP contribution in [0, 0.1) is 0 Å². The number of hydroxylamine groups is 1. The average molecular weight is 489 g/mol. The fourth-order valence-electron chi connectivity index (χ4n) is 2.06. The second-order valence-electron chi connectivity index (χ2n) is 6.11. The molecular weight excluding hydrogens is 468 g/mol. The van der Waals surface area contributed by atoms with Gasteiger partial charge in [0.1, 0.15) is 5.82 Å². The number of halogens is 1. The van der Waals surface area contributed by atoms with Gasteiger partial charge in [0.25, 0.3) is 0 Å². The summed E-state index contributed by atoms with van der Waals surface area (Å²) >= 11 is 3.37. The van der Waals surface area contributed by atoms with Crippen molar-refractivity contribution >= 4 is 49.4 Å². The molecule has 0 saturated heterocycles. The van der Waals surface area contributed by atoms with Gasteiger partial charge in [0.05, 0.1) is 9.37 Å². The van der Waals surface area contributed by atoms with E-state index in [1.165, 1.54) is 12.1 Å². The van der Waals surface area contributed by atoms with Crippen LogP contribution >= 0.6 is 15.9 Å². The zero-order valence-corrected chi connectivity index (χ0v) is 18.0. The first-order valence-electron chi connectivity index (χ1n) is 8.34. The summed E-state index contributed by atoms with van der Waals surface area (Å²) in [5.41, 5.74) is 3.23. The summed E-state index contributed by atoms with van der Waals surface area (Å²) in [5.74, 6) is -0.284. The Morgan fingerprint density at radius 2 is 1.93 bits per heavy atom. The van der Waals surface area contributed by atoms with Crippen LogP contribution in [0.5, 0.6) is 0 Å². The molecule has 13 heteroatoms. The predicted octanol–water partition coefficient (Wildman–Crippen LogP) is 1.42. The third-order valence-electron chi connectivity index (χ3n) is 3.76. The Hall–Kier alpha value is -2.32. The lowest BCUT2D eigenvalue weighted by atomic mass is 10.2. The van der Waals surface area contributed by atoms with Gasteiger partial charge in [-0.2, -0.15) is 10.5 Å². The molecule has 0 radical (unpaired) electrons. The molecule has 0 bridgehead atoms. The highest BCUT2D eigenvalue weighted by Crippen LogP contribution is 2.23. The molecule has 11 nitrogen and oxygen atoms in total. The molecule has 1 aromatic carbocycles. The number of aliphatic carboxylic acids is 1. The van der Waals surface area contributed by atoms with E-state index in [0.29, 0.717) is 16.0 Å². The molecule has 1 aromatic heterocycles. The van der Waals surface area contributed by atoms with Crippen molar-refractivity contribution in [1.82, 2.24) is 15.4 Å². The maximum absolute atomic E-state index is 11.3. The number of hydrogen-bond donors (Lipinski definition) is 5. The van der Waals surface area contributed by atoms with Gasteiger partial charge in [-0.15, -0.1) is 0 Å². The number of benzene rings is 1. The Labute approximate surface area is 176 Å². The van der Waals surface area contributed by atoms with E-state index < -0.39 is 22.6 Å². The largest absolute Gasteiger partial charge is 0.479 e. The lowest BCUT2D eigenvalue weighted by Gasteiger charge is -2.23. The van der Waals surface area contributed by atoms with Gasteiger partial charge in [-0.1, -0.05) is 0 Å². The van der Waals surface area contributed by atoms with Crippen molar-refractivity contribution in [1.29, 1.82) is 0 Å². The number of carboxylic acid groups (broad SMARTS) is 1. The van der Waals surface area contributed by atoms with E-state index in [0.717, 1.165) is 0 Å². The molecule has 6 N–H and O–H groups in total. The van der Waals surface area contributed by atoms with Gasteiger partial charge >= 0.3 is 5.97 Å². The van der Waals surface area contributed by atoms with Crippen LogP contribution in [0.3, 0.4) is 0 Å². The number of nitrogens with two attached hydrogens (primary N) is 1. The van der Waals surface area contributed by atoms with Crippen LogP contribution in [0.2, 0.25) is 0 Å². The number of carbonyl (C=O) groups is 1. The average Bonchev–Trinajstić information content (AvgIpc) is 2.63. The highest BCUT2D eigenvalue weighted by Gasteiger charge is 2.15. The number of primary sulfonamides is 1. The normalized spacial score (nSPS) is 13.5. The highest BCUT2D eigenvalue weighted by molar-refractivity contribution is 9.10. The third kappa shape index (κ3) is 7.21. The van der Waals surface area contributed by atoms with Gasteiger partial charge in [0, 0.05) is 24.0 Å². The molecule has 1 heterocycles. The Bertz CT molecular complexity index is 957. The number of rotatable bonds is 10. The quantitative estimate of drug-likeness (QED) is 0.308. The van der Waals surface area contributed by atoms with Crippen molar-refractivity contribution < 1.29 is 23.2 Å². The second-order valence-corrected chi connectivity index (χ2v) is 8.52. The summed E-state index contributed by atoms with van der Waals surface area (Å²) in [6, 6.07) is 5.46. The molecular formula is C16H21BrN6O5S. The molecule has 29 heavy (non-hydrogen) atoms. The lowest BCUT2D eigenvalue weighted by molar-refractivity contribution is -0.145. The zero-order chi connectivity index (χ0) is 21.6. The van der Waals surface area contributed by atoms with Crippen molar-refractivity contribution in [3.05, 3.63) is 34.9 Å². The first kappa shape index (κ1) is 23.0. The van der Waals surface area contributed by atoms with Crippen LogP contribution in [-0.2, 0) is 19.7 Å². The molecule has 0 amide bonds. The van der Waals surface area contributed by atoms with E-state index in [-0.39, 0.29) is 22.9 Å². The molecule has 2 atom stereocenters. The minimum Gasteiger partial charge on any atom is -0.479 e. The van der Waals surface area contributed by atoms with Gasteiger partial charge < -0.3 is 15.7 Å². The predicted molar refractivity (Wildman–Crippen MR) is 110 cm³/mol. The Kier molecular flexibility index (Phi) is 7.87. The summed E-state index contributed by atoms with van der Waals surface area (Å²) in [4.78, 5) is 23.9. The molecule has 2 aromatic rings. The van der Waals surface area contributed by atoms with Gasteiger partial charge in [-0.3, -0.25) is 4.84 Å². The van der Waals surface area contributed by atoms with Crippen LogP contribution in [0.25, 0.3) is 0 Å². The van der Waals surface area contributed by atoms with Crippen molar-refractivity contribution in [3.63, 3.8) is 0 Å². The van der Waals surface area contributed by atoms with E-state index in [9.17, 15) is 13.2 Å². The van der Waals surface area contributed by atoms with Crippen LogP contribution < -0.4 is 21.3 Å². The fourth-order valence-corrected chi connectivity index (χ4v) is 2.88. The van der Waals surface area contributed by atoms with Crippen LogP contribution in [-0.4, -0.2) is 48.2 Å². The van der Waals surface area contributed by atoms with Crippen LogP contribution in [0.15, 0.2) is 39.8 Å². The van der Waals surface area contributed by atoms with E-state index >= 15 is 0 Å². The third-order valence-corrected chi connectivity index (χ3v) is 5.27. The van der Waals surface area contributed by atoms with E-state index in [1.54, 1.807) is 18.3 Å². The van der Waals surface area contributed by atoms with Crippen molar-refractivity contribution in [2.45, 2.75) is 30.8 Å². The van der Waals surface area contributed by atoms with Crippen LogP contribution in [0.1, 0.15) is 13.8 Å². The Balaban J connectivity index is 2.04. The topological polar surface area (TPSA) is 169 Å². The molecule has 0 saturated carbocycles. The Morgan fingerprint density at radius 3 is 2.52 bits per heavy atom. The minimum absolute atomic E-state index is 0.00237. The second kappa shape index (κ2) is 9.93. The molecule has 0 aliphatic heterocycles. The highest BCUT2D eigenvalue weighted by atomic mass is 79.9. The number of nitrogens with one attached hydrogen (secondary N) is 3. The summed E-state index contributed by atoms with van der Waals surface area (Å²) < 4.78 is 23.3. The number of anilines is 3. The summed E-state index contributed by atoms with van der Waals surface area (Å²) in [7, 11) is -3.76. The smallest absolute Gasteiger partial charge is 0.331 e. The number of hydrogen-bond acceptors (Lipinski definition) is 9. The monoisotopic (exact) mass is 488 g/mol. The first-order valence-corrected chi connectivity index (χ1v) is 10.7. The van der Waals surface area contributed by atoms with E-state index in [1.807, 2.05) is 13.8 Å². The van der Waals surface area contributed by atoms with Crippen molar-refractivity contribution in [3.8, 4) is 0 Å². The maximum atomic E-state index is 11.3. The molecule has 0 spiro atoms. The lowest BCUT2D eigenvalue weighted by Crippen LogP contribution is -2.41. The molecule has 0 aliphatic rings. The molecule has 0 fully saturated rings. The van der Waals surface area contributed by atoms with Gasteiger partial charge in [-0.25, -0.2) is 23.3 Å². The number of aromatic nitrogens is 2. The van der Waals surface area contributed by atoms with Gasteiger partial charge in [-0.05, 0) is 54.0 Å². The summed E-state index contributed by atoms with van der Waals surface area (Å²) in [6.45, 7) is 3.24. The number of carboxylic acids is 1. The van der Waals surface area contributed by atoms with Gasteiger partial charge in [0.2, 0.25) is 16.0 Å². The first-order chi connectivity index (χ1) is 13.6. The van der Waals surface area contributed by atoms with E-state index in [4.69, 9.17) is 15.1 Å². The van der Waals surface area contributed by atoms with E-state index in [2.05, 4.69) is 42.0 Å². The molecule has 2 unspecified atom stereocenters. The van der Waals surface area contributed by atoms with Crippen molar-refractivity contribution in [2.75, 3.05) is 17.2 Å². The number of nitrogens with zero attached hydrogens (tertiary/aromatic N) is 2. The summed E-state index contributed by atoms with van der Waals surface area (Å²) in [6.07, 6.45) is 1.56. The summed E-state index contributed by atoms with van der Waals surface area (Å²) in [5, 5.41) is 19.8. The van der Waals surface area contributed by atoms with Gasteiger partial charge in [0.15, 0.2) is 6.61 Å². The number of sulfonamides is 1.